The molecule has 0 atom stereocenters. The molecule has 1 aliphatic heterocycles. The van der Waals surface area contributed by atoms with E-state index in [0.717, 1.165) is 34.1 Å². The Morgan fingerprint density at radius 2 is 0.574 bits per heavy atom. The Morgan fingerprint density at radius 1 is 0.333 bits per heavy atom. The molecule has 0 fully saturated rings. The van der Waals surface area contributed by atoms with E-state index in [-0.39, 0.29) is 17.7 Å². The molecule has 1 aliphatic rings. The Bertz CT molecular complexity index is 2090. The van der Waals surface area contributed by atoms with E-state index in [4.69, 9.17) is 0 Å². The van der Waals surface area contributed by atoms with Crippen molar-refractivity contribution in [1.82, 2.24) is 0 Å². The van der Waals surface area contributed by atoms with Crippen LogP contribution in [0.15, 0.2) is 146 Å². The summed E-state index contributed by atoms with van der Waals surface area (Å²) in [6.07, 6.45) is 0. The third-order valence-corrected chi connectivity index (χ3v) is 10.1. The minimum atomic E-state index is -0.297. The highest BCUT2D eigenvalue weighted by Crippen LogP contribution is 2.36. The molecule has 6 aromatic rings. The summed E-state index contributed by atoms with van der Waals surface area (Å²) in [7, 11) is 10.9. The van der Waals surface area contributed by atoms with Crippen LogP contribution in [0, 0.1) is 0 Å². The first-order chi connectivity index (χ1) is 26.0. The monoisotopic (exact) mass is 714 g/mol. The van der Waals surface area contributed by atoms with Gasteiger partial charge in [-0.2, -0.15) is 0 Å². The molecule has 0 N–H and O–H groups in total. The van der Waals surface area contributed by atoms with Gasteiger partial charge in [-0.05, 0) is 91.0 Å². The molecule has 7 rings (SSSR count). The summed E-state index contributed by atoms with van der Waals surface area (Å²) in [6, 6.07) is 46.0. The van der Waals surface area contributed by atoms with Crippen molar-refractivity contribution >= 4 is 68.9 Å². The van der Waals surface area contributed by atoms with Crippen molar-refractivity contribution in [3.8, 4) is 0 Å². The fraction of sp³-hybridized carbons (Fsp3) is 0.133. The van der Waals surface area contributed by atoms with Crippen LogP contribution in [0.4, 0.5) is 51.2 Å². The van der Waals surface area contributed by atoms with Gasteiger partial charge in [0.15, 0.2) is 0 Å². The summed E-state index contributed by atoms with van der Waals surface area (Å²) < 4.78 is 0. The van der Waals surface area contributed by atoms with E-state index in [0.29, 0.717) is 33.8 Å². The molecule has 9 heteroatoms. The molecule has 1 heterocycles. The van der Waals surface area contributed by atoms with Crippen LogP contribution < -0.4 is 29.4 Å². The van der Waals surface area contributed by atoms with E-state index in [1.807, 2.05) is 163 Å². The Balaban J connectivity index is 1.45. The maximum Gasteiger partial charge on any atom is 0.258 e. The number of carbonyl (C=O) groups excluding carboxylic acids is 3. The SMILES string of the molecule is CN1C(=O)c2cc(cc(N(C)c3ccccc3)c2)N(C)C(=O)c2cc(cc(N(C)c3ccccc3)c2)N(C)C(=O)c2cc1cc(N(C)c1ccccc1)c2. The number of fused-ring (bicyclic) bond motifs is 6. The summed E-state index contributed by atoms with van der Waals surface area (Å²) >= 11 is 0. The first-order valence-corrected chi connectivity index (χ1v) is 17.7. The molecule has 0 unspecified atom stereocenters. The van der Waals surface area contributed by atoms with Gasteiger partial charge < -0.3 is 29.4 Å². The van der Waals surface area contributed by atoms with Crippen LogP contribution in [0.5, 0.6) is 0 Å². The minimum Gasteiger partial charge on any atom is -0.345 e. The van der Waals surface area contributed by atoms with Gasteiger partial charge in [0.2, 0.25) is 0 Å². The van der Waals surface area contributed by atoms with Crippen LogP contribution in [-0.4, -0.2) is 60.0 Å². The topological polar surface area (TPSA) is 70.7 Å². The predicted molar refractivity (Wildman–Crippen MR) is 221 cm³/mol. The Morgan fingerprint density at radius 3 is 0.815 bits per heavy atom. The molecule has 6 aromatic carbocycles. The third kappa shape index (κ3) is 6.87. The zero-order valence-electron chi connectivity index (χ0n) is 31.3. The molecule has 0 aromatic heterocycles. The second-order valence-corrected chi connectivity index (χ2v) is 13.5. The number of anilines is 9. The van der Waals surface area contributed by atoms with Crippen molar-refractivity contribution in [2.24, 2.45) is 0 Å². The van der Waals surface area contributed by atoms with Crippen LogP contribution >= 0.6 is 0 Å². The standard InChI is InChI=1S/C45H42N6O3/c1-46(34-16-10-7-11-17-34)37-22-31-25-40(28-37)49(4)44(53)32-23-38(47(2)35-18-12-8-13-19-35)30-42(26-32)51(6)45(54)33-24-39(29-41(27-33)50(5)43(31)52)48(3)36-20-14-9-15-21-36/h7-30H,1-6H3. The third-order valence-electron chi connectivity index (χ3n) is 10.1. The Hall–Kier alpha value is -6.87. The van der Waals surface area contributed by atoms with Crippen LogP contribution in [0.25, 0.3) is 0 Å². The zero-order chi connectivity index (χ0) is 38.1. The molecule has 9 nitrogen and oxygen atoms in total. The van der Waals surface area contributed by atoms with Crippen LogP contribution in [-0.2, 0) is 0 Å². The fourth-order valence-electron chi connectivity index (χ4n) is 6.65. The highest BCUT2D eigenvalue weighted by atomic mass is 16.2. The van der Waals surface area contributed by atoms with Crippen molar-refractivity contribution in [1.29, 1.82) is 0 Å². The molecule has 0 radical (unpaired) electrons. The van der Waals surface area contributed by atoms with Crippen molar-refractivity contribution in [3.05, 3.63) is 162 Å². The lowest BCUT2D eigenvalue weighted by molar-refractivity contribution is 0.0982. The lowest BCUT2D eigenvalue weighted by Gasteiger charge is -2.26. The molecule has 0 spiro atoms. The first-order valence-electron chi connectivity index (χ1n) is 17.7. The molecule has 6 bridgehead atoms. The number of amides is 3. The van der Waals surface area contributed by atoms with Crippen molar-refractivity contribution < 1.29 is 14.4 Å². The van der Waals surface area contributed by atoms with E-state index in [2.05, 4.69) is 0 Å². The quantitative estimate of drug-likeness (QED) is 0.172. The highest BCUT2D eigenvalue weighted by molar-refractivity contribution is 6.13. The summed E-state index contributed by atoms with van der Waals surface area (Å²) in [4.78, 5) is 54.3. The average Bonchev–Trinajstić information content (AvgIpc) is 3.24. The van der Waals surface area contributed by atoms with Crippen molar-refractivity contribution in [2.75, 3.05) is 71.7 Å². The molecule has 0 aliphatic carbocycles. The van der Waals surface area contributed by atoms with Gasteiger partial charge in [0, 0.05) is 110 Å². The Labute approximate surface area is 316 Å². The lowest BCUT2D eigenvalue weighted by atomic mass is 10.1. The number of nitrogens with zero attached hydrogens (tertiary/aromatic N) is 6. The predicted octanol–water partition coefficient (Wildman–Crippen LogP) is 9.13. The second kappa shape index (κ2) is 14.6. The number of para-hydroxylation sites is 3. The van der Waals surface area contributed by atoms with Gasteiger partial charge in [-0.25, -0.2) is 0 Å². The number of benzene rings is 6. The molecule has 0 saturated heterocycles. The highest BCUT2D eigenvalue weighted by Gasteiger charge is 2.26. The van der Waals surface area contributed by atoms with Gasteiger partial charge >= 0.3 is 0 Å². The van der Waals surface area contributed by atoms with E-state index in [1.165, 1.54) is 0 Å². The van der Waals surface area contributed by atoms with Gasteiger partial charge in [0.1, 0.15) is 0 Å². The summed E-state index contributed by atoms with van der Waals surface area (Å²) in [6.45, 7) is 0. The summed E-state index contributed by atoms with van der Waals surface area (Å²) in [5, 5.41) is 0. The number of hydrogen-bond donors (Lipinski definition) is 0. The summed E-state index contributed by atoms with van der Waals surface area (Å²) in [5.41, 5.74) is 7.71. The van der Waals surface area contributed by atoms with E-state index in [9.17, 15) is 14.4 Å². The number of rotatable bonds is 6. The maximum atomic E-state index is 14.5. The van der Waals surface area contributed by atoms with E-state index >= 15 is 0 Å². The van der Waals surface area contributed by atoms with Gasteiger partial charge in [0.25, 0.3) is 17.7 Å². The minimum absolute atomic E-state index is 0.297. The van der Waals surface area contributed by atoms with Gasteiger partial charge in [-0.1, -0.05) is 54.6 Å². The second-order valence-electron chi connectivity index (χ2n) is 13.5. The normalized spacial score (nSPS) is 13.0. The Kier molecular flexibility index (Phi) is 9.63. The van der Waals surface area contributed by atoms with Crippen LogP contribution in [0.1, 0.15) is 31.1 Å². The summed E-state index contributed by atoms with van der Waals surface area (Å²) in [5.74, 6) is -0.892. The zero-order valence-corrected chi connectivity index (χ0v) is 31.3. The van der Waals surface area contributed by atoms with Crippen molar-refractivity contribution in [3.63, 3.8) is 0 Å². The fourth-order valence-corrected chi connectivity index (χ4v) is 6.65. The molecule has 54 heavy (non-hydrogen) atoms. The maximum absolute atomic E-state index is 14.5. The van der Waals surface area contributed by atoms with Crippen LogP contribution in [0.3, 0.4) is 0 Å². The molecule has 270 valence electrons. The number of carbonyl (C=O) groups is 3. The van der Waals surface area contributed by atoms with Gasteiger partial charge in [0.05, 0.1) is 0 Å². The van der Waals surface area contributed by atoms with Crippen molar-refractivity contribution in [2.45, 2.75) is 0 Å². The largest absolute Gasteiger partial charge is 0.345 e. The average molecular weight is 715 g/mol. The van der Waals surface area contributed by atoms with Gasteiger partial charge in [-0.15, -0.1) is 0 Å². The lowest BCUT2D eigenvalue weighted by Crippen LogP contribution is -2.29. The van der Waals surface area contributed by atoms with Gasteiger partial charge in [-0.3, -0.25) is 14.4 Å². The van der Waals surface area contributed by atoms with E-state index < -0.39 is 0 Å². The van der Waals surface area contributed by atoms with E-state index in [1.54, 1.807) is 54.0 Å². The molecule has 3 amide bonds. The molecular weight excluding hydrogens is 673 g/mol. The first kappa shape index (κ1) is 35.5. The smallest absolute Gasteiger partial charge is 0.258 e. The molecular formula is C45H42N6O3. The number of hydrogen-bond acceptors (Lipinski definition) is 6. The molecule has 0 saturated carbocycles. The van der Waals surface area contributed by atoms with Crippen LogP contribution in [0.2, 0.25) is 0 Å².